The molecule has 3 aromatic rings. The van der Waals surface area contributed by atoms with Crippen LogP contribution >= 0.6 is 0 Å². The van der Waals surface area contributed by atoms with E-state index in [2.05, 4.69) is 20.7 Å². The first kappa shape index (κ1) is 18.4. The predicted octanol–water partition coefficient (Wildman–Crippen LogP) is 4.22. The van der Waals surface area contributed by atoms with Gasteiger partial charge in [0, 0.05) is 18.7 Å². The molecular formula is C21H22F3N5. The summed E-state index contributed by atoms with van der Waals surface area (Å²) in [5.41, 5.74) is 1.40. The highest BCUT2D eigenvalue weighted by molar-refractivity contribution is 5.64. The van der Waals surface area contributed by atoms with Crippen LogP contribution in [0.4, 0.5) is 19.0 Å². The number of hydrogen-bond acceptors (Lipinski definition) is 4. The first-order chi connectivity index (χ1) is 13.9. The van der Waals surface area contributed by atoms with Crippen LogP contribution in [0.3, 0.4) is 0 Å². The molecule has 2 N–H and O–H groups in total. The number of nitrogens with zero attached hydrogens (tertiary/aromatic N) is 3. The molecule has 0 bridgehead atoms. The number of fused-ring (bicyclic) bond motifs is 1. The molecule has 29 heavy (non-hydrogen) atoms. The molecule has 1 spiro atoms. The molecule has 1 saturated carbocycles. The lowest BCUT2D eigenvalue weighted by Crippen LogP contribution is -2.41. The molecule has 0 amide bonds. The average Bonchev–Trinajstić information content (AvgIpc) is 3.32. The molecule has 5 rings (SSSR count). The van der Waals surface area contributed by atoms with Crippen molar-refractivity contribution in [2.75, 3.05) is 25.0 Å². The Balaban J connectivity index is 1.34. The lowest BCUT2D eigenvalue weighted by atomic mass is 9.61. The number of benzene rings is 1. The van der Waals surface area contributed by atoms with Gasteiger partial charge in [-0.15, -0.1) is 5.10 Å². The topological polar surface area (TPSA) is 54.2 Å². The van der Waals surface area contributed by atoms with Crippen LogP contribution in [0.1, 0.15) is 24.8 Å². The van der Waals surface area contributed by atoms with Gasteiger partial charge in [0.1, 0.15) is 5.82 Å². The maximum absolute atomic E-state index is 13.1. The van der Waals surface area contributed by atoms with Crippen LogP contribution in [0.15, 0.2) is 42.6 Å². The Morgan fingerprint density at radius 2 is 2.07 bits per heavy atom. The summed E-state index contributed by atoms with van der Waals surface area (Å²) in [5, 5.41) is 11.4. The van der Waals surface area contributed by atoms with Crippen molar-refractivity contribution in [1.29, 1.82) is 0 Å². The number of imidazole rings is 1. The molecule has 1 aromatic carbocycles. The van der Waals surface area contributed by atoms with E-state index < -0.39 is 11.7 Å². The van der Waals surface area contributed by atoms with Gasteiger partial charge in [0.15, 0.2) is 5.65 Å². The number of anilines is 1. The van der Waals surface area contributed by atoms with Gasteiger partial charge < -0.3 is 10.6 Å². The SMILES string of the molecule is FC(F)(F)c1cccc(-c2cnc3ccc(NCC4CC5(CCNC5)C4)nn23)c1. The molecular weight excluding hydrogens is 379 g/mol. The summed E-state index contributed by atoms with van der Waals surface area (Å²) in [4.78, 5) is 4.28. The molecule has 1 aliphatic carbocycles. The highest BCUT2D eigenvalue weighted by atomic mass is 19.4. The number of alkyl halides is 3. The lowest BCUT2D eigenvalue weighted by Gasteiger charge is -2.45. The summed E-state index contributed by atoms with van der Waals surface area (Å²) < 4.78 is 40.8. The zero-order chi connectivity index (χ0) is 20.1. The number of hydrogen-bond donors (Lipinski definition) is 2. The van der Waals surface area contributed by atoms with E-state index in [1.54, 1.807) is 16.8 Å². The van der Waals surface area contributed by atoms with Gasteiger partial charge in [-0.2, -0.15) is 13.2 Å². The first-order valence-corrected chi connectivity index (χ1v) is 9.89. The van der Waals surface area contributed by atoms with E-state index >= 15 is 0 Å². The highest BCUT2D eigenvalue weighted by Gasteiger charge is 2.45. The van der Waals surface area contributed by atoms with Crippen LogP contribution in [0.5, 0.6) is 0 Å². The maximum atomic E-state index is 13.1. The summed E-state index contributed by atoms with van der Waals surface area (Å²) in [5.74, 6) is 1.34. The summed E-state index contributed by atoms with van der Waals surface area (Å²) in [6.45, 7) is 3.11. The van der Waals surface area contributed by atoms with Crippen molar-refractivity contribution in [2.45, 2.75) is 25.4 Å². The molecule has 1 aliphatic heterocycles. The second kappa shape index (κ2) is 6.73. The minimum atomic E-state index is -4.38. The Morgan fingerprint density at radius 1 is 1.21 bits per heavy atom. The van der Waals surface area contributed by atoms with Gasteiger partial charge in [-0.1, -0.05) is 12.1 Å². The van der Waals surface area contributed by atoms with E-state index in [4.69, 9.17) is 0 Å². The number of rotatable bonds is 4. The lowest BCUT2D eigenvalue weighted by molar-refractivity contribution is -0.137. The average molecular weight is 401 g/mol. The quantitative estimate of drug-likeness (QED) is 0.688. The van der Waals surface area contributed by atoms with Gasteiger partial charge in [-0.25, -0.2) is 9.50 Å². The fourth-order valence-corrected chi connectivity index (χ4v) is 4.72. The third-order valence-electron chi connectivity index (χ3n) is 6.20. The third kappa shape index (κ3) is 3.46. The van der Waals surface area contributed by atoms with Gasteiger partial charge in [-0.3, -0.25) is 0 Å². The van der Waals surface area contributed by atoms with E-state index in [-0.39, 0.29) is 0 Å². The van der Waals surface area contributed by atoms with E-state index in [9.17, 15) is 13.2 Å². The molecule has 3 heterocycles. The highest BCUT2D eigenvalue weighted by Crippen LogP contribution is 2.49. The minimum absolute atomic E-state index is 0.437. The molecule has 0 unspecified atom stereocenters. The molecule has 2 aromatic heterocycles. The molecule has 8 heteroatoms. The Labute approximate surface area is 166 Å². The monoisotopic (exact) mass is 401 g/mol. The van der Waals surface area contributed by atoms with Gasteiger partial charge in [0.2, 0.25) is 0 Å². The van der Waals surface area contributed by atoms with Crippen LogP contribution in [-0.4, -0.2) is 34.2 Å². The predicted molar refractivity (Wildman–Crippen MR) is 105 cm³/mol. The normalized spacial score (nSPS) is 24.2. The Bertz CT molecular complexity index is 1030. The van der Waals surface area contributed by atoms with E-state index in [0.29, 0.717) is 34.1 Å². The third-order valence-corrected chi connectivity index (χ3v) is 6.20. The van der Waals surface area contributed by atoms with E-state index in [0.717, 1.165) is 31.8 Å². The van der Waals surface area contributed by atoms with Gasteiger partial charge in [-0.05, 0) is 61.4 Å². The molecule has 0 radical (unpaired) electrons. The maximum Gasteiger partial charge on any atom is 0.416 e. The van der Waals surface area contributed by atoms with Crippen molar-refractivity contribution in [2.24, 2.45) is 11.3 Å². The van der Waals surface area contributed by atoms with Crippen LogP contribution in [0.25, 0.3) is 16.9 Å². The summed E-state index contributed by atoms with van der Waals surface area (Å²) in [7, 11) is 0. The summed E-state index contributed by atoms with van der Waals surface area (Å²) in [6.07, 6.45) is 0.907. The van der Waals surface area contributed by atoms with Crippen molar-refractivity contribution in [1.82, 2.24) is 19.9 Å². The minimum Gasteiger partial charge on any atom is -0.368 e. The van der Waals surface area contributed by atoms with Gasteiger partial charge >= 0.3 is 6.18 Å². The van der Waals surface area contributed by atoms with E-state index in [1.807, 2.05) is 12.1 Å². The van der Waals surface area contributed by atoms with E-state index in [1.165, 1.54) is 25.3 Å². The Hall–Kier alpha value is -2.61. The molecule has 2 aliphatic rings. The summed E-state index contributed by atoms with van der Waals surface area (Å²) >= 11 is 0. The molecule has 152 valence electrons. The van der Waals surface area contributed by atoms with Crippen LogP contribution in [-0.2, 0) is 6.18 Å². The zero-order valence-electron chi connectivity index (χ0n) is 15.8. The number of aromatic nitrogens is 3. The van der Waals surface area contributed by atoms with Crippen molar-refractivity contribution in [3.05, 3.63) is 48.2 Å². The van der Waals surface area contributed by atoms with Crippen molar-refractivity contribution in [3.63, 3.8) is 0 Å². The number of halogens is 3. The molecule has 1 saturated heterocycles. The Morgan fingerprint density at radius 3 is 2.83 bits per heavy atom. The molecule has 0 atom stereocenters. The van der Waals surface area contributed by atoms with Crippen molar-refractivity contribution >= 4 is 11.5 Å². The first-order valence-electron chi connectivity index (χ1n) is 9.89. The van der Waals surface area contributed by atoms with Gasteiger partial charge in [0.25, 0.3) is 0 Å². The fourth-order valence-electron chi connectivity index (χ4n) is 4.72. The Kier molecular flexibility index (Phi) is 4.27. The van der Waals surface area contributed by atoms with Crippen LogP contribution in [0, 0.1) is 11.3 Å². The zero-order valence-corrected chi connectivity index (χ0v) is 15.8. The van der Waals surface area contributed by atoms with Crippen LogP contribution < -0.4 is 10.6 Å². The second-order valence-electron chi connectivity index (χ2n) is 8.29. The standard InChI is InChI=1S/C21H22F3N5/c22-21(23,24)16-3-1-2-15(8-16)17-12-27-19-5-4-18(28-29(17)19)26-11-14-9-20(10-14)6-7-25-13-20/h1-5,8,12,14,25H,6-7,9-11,13H2,(H,26,28). The largest absolute Gasteiger partial charge is 0.416 e. The second-order valence-corrected chi connectivity index (χ2v) is 8.29. The van der Waals surface area contributed by atoms with Crippen molar-refractivity contribution in [3.8, 4) is 11.3 Å². The van der Waals surface area contributed by atoms with Gasteiger partial charge in [0.05, 0.1) is 17.5 Å². The van der Waals surface area contributed by atoms with Crippen molar-refractivity contribution < 1.29 is 13.2 Å². The van der Waals surface area contributed by atoms with Crippen LogP contribution in [0.2, 0.25) is 0 Å². The fraction of sp³-hybridized carbons (Fsp3) is 0.429. The summed E-state index contributed by atoms with van der Waals surface area (Å²) in [6, 6.07) is 8.94. The smallest absolute Gasteiger partial charge is 0.368 e. The molecule has 2 fully saturated rings. The molecule has 5 nitrogen and oxygen atoms in total. The number of nitrogens with one attached hydrogen (secondary N) is 2.